The molecule has 1 rings (SSSR count). The van der Waals surface area contributed by atoms with Gasteiger partial charge in [0, 0.05) is 18.8 Å². The van der Waals surface area contributed by atoms with Crippen molar-refractivity contribution < 1.29 is 9.59 Å². The molecule has 0 spiro atoms. The molecule has 0 aliphatic heterocycles. The van der Waals surface area contributed by atoms with E-state index >= 15 is 0 Å². The lowest BCUT2D eigenvalue weighted by Gasteiger charge is -2.22. The molecule has 19 heavy (non-hydrogen) atoms. The molecule has 0 radical (unpaired) electrons. The lowest BCUT2D eigenvalue weighted by Crippen LogP contribution is -2.38. The molecule has 1 aromatic rings. The molecule has 5 nitrogen and oxygen atoms in total. The SMILES string of the molecule is CC(C)(C)c1ccccc1NC(=O)C(=O)NCCN. The van der Waals surface area contributed by atoms with Gasteiger partial charge in [0.1, 0.15) is 0 Å². The maximum absolute atomic E-state index is 11.7. The first-order valence-electron chi connectivity index (χ1n) is 6.25. The van der Waals surface area contributed by atoms with Crippen LogP contribution in [-0.2, 0) is 15.0 Å². The van der Waals surface area contributed by atoms with Crippen LogP contribution in [0, 0.1) is 0 Å². The molecule has 104 valence electrons. The van der Waals surface area contributed by atoms with Gasteiger partial charge < -0.3 is 16.4 Å². The Balaban J connectivity index is 2.83. The van der Waals surface area contributed by atoms with Gasteiger partial charge in [-0.3, -0.25) is 9.59 Å². The van der Waals surface area contributed by atoms with Crippen LogP contribution in [0.4, 0.5) is 5.69 Å². The summed E-state index contributed by atoms with van der Waals surface area (Å²) in [4.78, 5) is 23.2. The number of benzene rings is 1. The van der Waals surface area contributed by atoms with Crippen LogP contribution in [0.3, 0.4) is 0 Å². The van der Waals surface area contributed by atoms with Gasteiger partial charge in [-0.1, -0.05) is 39.0 Å². The summed E-state index contributed by atoms with van der Waals surface area (Å²) in [6, 6.07) is 7.45. The lowest BCUT2D eigenvalue weighted by atomic mass is 9.86. The number of para-hydroxylation sites is 1. The van der Waals surface area contributed by atoms with Crippen LogP contribution in [0.1, 0.15) is 26.3 Å². The molecule has 0 aliphatic carbocycles. The smallest absolute Gasteiger partial charge is 0.313 e. The van der Waals surface area contributed by atoms with E-state index in [4.69, 9.17) is 5.73 Å². The minimum absolute atomic E-state index is 0.113. The second-order valence-corrected chi connectivity index (χ2v) is 5.29. The van der Waals surface area contributed by atoms with Crippen molar-refractivity contribution in [3.63, 3.8) is 0 Å². The fourth-order valence-electron chi connectivity index (χ4n) is 1.69. The number of anilines is 1. The van der Waals surface area contributed by atoms with Crippen LogP contribution < -0.4 is 16.4 Å². The molecule has 1 aromatic carbocycles. The first-order valence-corrected chi connectivity index (χ1v) is 6.25. The van der Waals surface area contributed by atoms with Crippen molar-refractivity contribution in [2.45, 2.75) is 26.2 Å². The normalized spacial score (nSPS) is 10.9. The molecule has 0 aliphatic rings. The Hall–Kier alpha value is -1.88. The van der Waals surface area contributed by atoms with Crippen molar-refractivity contribution in [2.75, 3.05) is 18.4 Å². The van der Waals surface area contributed by atoms with Crippen molar-refractivity contribution in [3.8, 4) is 0 Å². The van der Waals surface area contributed by atoms with E-state index in [9.17, 15) is 9.59 Å². The third kappa shape index (κ3) is 4.37. The molecule has 2 amide bonds. The van der Waals surface area contributed by atoms with E-state index in [1.54, 1.807) is 6.07 Å². The Morgan fingerprint density at radius 3 is 2.37 bits per heavy atom. The predicted molar refractivity (Wildman–Crippen MR) is 75.8 cm³/mol. The number of nitrogens with two attached hydrogens (primary N) is 1. The number of rotatable bonds is 3. The quantitative estimate of drug-likeness (QED) is 0.711. The first-order chi connectivity index (χ1) is 8.86. The zero-order valence-corrected chi connectivity index (χ0v) is 11.6. The van der Waals surface area contributed by atoms with Gasteiger partial charge in [0.25, 0.3) is 0 Å². The number of nitrogens with one attached hydrogen (secondary N) is 2. The zero-order valence-electron chi connectivity index (χ0n) is 11.6. The molecule has 0 heterocycles. The van der Waals surface area contributed by atoms with Crippen molar-refractivity contribution >= 4 is 17.5 Å². The standard InChI is InChI=1S/C14H21N3O2/c1-14(2,3)10-6-4-5-7-11(10)17-13(19)12(18)16-9-8-15/h4-7H,8-9,15H2,1-3H3,(H,16,18)(H,17,19). The molecule has 0 saturated heterocycles. The minimum Gasteiger partial charge on any atom is -0.347 e. The Labute approximate surface area is 113 Å². The molecule has 0 fully saturated rings. The second-order valence-electron chi connectivity index (χ2n) is 5.29. The Kier molecular flexibility index (Phi) is 5.06. The number of carbonyl (C=O) groups excluding carboxylic acids is 2. The molecule has 0 atom stereocenters. The second kappa shape index (κ2) is 6.33. The third-order valence-corrected chi connectivity index (χ3v) is 2.62. The Morgan fingerprint density at radius 1 is 1.16 bits per heavy atom. The van der Waals surface area contributed by atoms with E-state index < -0.39 is 11.8 Å². The van der Waals surface area contributed by atoms with Gasteiger partial charge in [-0.25, -0.2) is 0 Å². The molecule has 0 bridgehead atoms. The summed E-state index contributed by atoms with van der Waals surface area (Å²) in [5, 5.41) is 5.07. The largest absolute Gasteiger partial charge is 0.347 e. The van der Waals surface area contributed by atoms with E-state index in [1.165, 1.54) is 0 Å². The van der Waals surface area contributed by atoms with E-state index in [2.05, 4.69) is 10.6 Å². The van der Waals surface area contributed by atoms with Gasteiger partial charge >= 0.3 is 11.8 Å². The van der Waals surface area contributed by atoms with Gasteiger partial charge in [-0.05, 0) is 17.0 Å². The third-order valence-electron chi connectivity index (χ3n) is 2.62. The summed E-state index contributed by atoms with van der Waals surface area (Å²) in [7, 11) is 0. The van der Waals surface area contributed by atoms with E-state index in [0.29, 0.717) is 12.2 Å². The summed E-state index contributed by atoms with van der Waals surface area (Å²) in [6.07, 6.45) is 0. The molecule has 0 unspecified atom stereocenters. The van der Waals surface area contributed by atoms with Gasteiger partial charge in [0.15, 0.2) is 0 Å². The van der Waals surface area contributed by atoms with E-state index in [-0.39, 0.29) is 12.0 Å². The van der Waals surface area contributed by atoms with Crippen LogP contribution in [0.5, 0.6) is 0 Å². The van der Waals surface area contributed by atoms with Crippen molar-refractivity contribution in [3.05, 3.63) is 29.8 Å². The molecular weight excluding hydrogens is 242 g/mol. The minimum atomic E-state index is -0.676. The molecule has 0 aromatic heterocycles. The summed E-state index contributed by atoms with van der Waals surface area (Å²) >= 11 is 0. The molecule has 0 saturated carbocycles. The van der Waals surface area contributed by atoms with Crippen LogP contribution >= 0.6 is 0 Å². The summed E-state index contributed by atoms with van der Waals surface area (Å²) < 4.78 is 0. The zero-order chi connectivity index (χ0) is 14.5. The maximum Gasteiger partial charge on any atom is 0.313 e. The van der Waals surface area contributed by atoms with Crippen LogP contribution in [0.2, 0.25) is 0 Å². The number of hydrogen-bond donors (Lipinski definition) is 3. The number of hydrogen-bond acceptors (Lipinski definition) is 3. The fourth-order valence-corrected chi connectivity index (χ4v) is 1.69. The first kappa shape index (κ1) is 15.2. The van der Waals surface area contributed by atoms with Crippen molar-refractivity contribution in [1.29, 1.82) is 0 Å². The highest BCUT2D eigenvalue weighted by Crippen LogP contribution is 2.29. The lowest BCUT2D eigenvalue weighted by molar-refractivity contribution is -0.136. The van der Waals surface area contributed by atoms with Gasteiger partial charge in [-0.2, -0.15) is 0 Å². The number of amides is 2. The molecule has 5 heteroatoms. The Bertz CT molecular complexity index is 464. The van der Waals surface area contributed by atoms with E-state index in [0.717, 1.165) is 5.56 Å². The predicted octanol–water partition coefficient (Wildman–Crippen LogP) is 0.997. The van der Waals surface area contributed by atoms with Gasteiger partial charge in [0.05, 0.1) is 0 Å². The van der Waals surface area contributed by atoms with Crippen molar-refractivity contribution in [1.82, 2.24) is 5.32 Å². The van der Waals surface area contributed by atoms with E-state index in [1.807, 2.05) is 39.0 Å². The van der Waals surface area contributed by atoms with Gasteiger partial charge in [0.2, 0.25) is 0 Å². The Morgan fingerprint density at radius 2 is 1.79 bits per heavy atom. The van der Waals surface area contributed by atoms with Crippen LogP contribution in [-0.4, -0.2) is 24.9 Å². The van der Waals surface area contributed by atoms with Gasteiger partial charge in [-0.15, -0.1) is 0 Å². The van der Waals surface area contributed by atoms with Crippen LogP contribution in [0.15, 0.2) is 24.3 Å². The highest BCUT2D eigenvalue weighted by molar-refractivity contribution is 6.39. The monoisotopic (exact) mass is 263 g/mol. The number of carbonyl (C=O) groups is 2. The fraction of sp³-hybridized carbons (Fsp3) is 0.429. The average molecular weight is 263 g/mol. The topological polar surface area (TPSA) is 84.2 Å². The molecule has 4 N–H and O–H groups in total. The molecular formula is C14H21N3O2. The van der Waals surface area contributed by atoms with Crippen LogP contribution in [0.25, 0.3) is 0 Å². The van der Waals surface area contributed by atoms with Crippen molar-refractivity contribution in [2.24, 2.45) is 5.73 Å². The summed E-state index contributed by atoms with van der Waals surface area (Å²) in [6.45, 7) is 6.73. The highest BCUT2D eigenvalue weighted by Gasteiger charge is 2.20. The average Bonchev–Trinajstić information content (AvgIpc) is 2.35. The highest BCUT2D eigenvalue weighted by atomic mass is 16.2. The summed E-state index contributed by atoms with van der Waals surface area (Å²) in [5.41, 5.74) is 6.79. The summed E-state index contributed by atoms with van der Waals surface area (Å²) in [5.74, 6) is -1.35. The maximum atomic E-state index is 11.7.